The maximum absolute atomic E-state index is 11.6. The number of aliphatic hydroxyl groups excluding tert-OH is 1. The maximum atomic E-state index is 11.6. The second kappa shape index (κ2) is 8.04. The molecular formula is C20H24N6O3. The Morgan fingerprint density at radius 3 is 2.79 bits per heavy atom. The molecule has 1 aliphatic rings. The molecule has 0 saturated heterocycles. The molecule has 1 aromatic carbocycles. The van der Waals surface area contributed by atoms with Crippen LogP contribution in [0.3, 0.4) is 0 Å². The number of fused-ring (bicyclic) bond motifs is 1. The van der Waals surface area contributed by atoms with Crippen molar-refractivity contribution in [1.82, 2.24) is 14.5 Å². The SMILES string of the molecule is Nc1nc(NCCO)cc(-c2ccc3c(c2)ncn3C2CCCCC2)c1[N+](=O)[O-]. The van der Waals surface area contributed by atoms with E-state index in [-0.39, 0.29) is 24.7 Å². The Bertz CT molecular complexity index is 1040. The zero-order valence-electron chi connectivity index (χ0n) is 16.0. The number of pyridine rings is 1. The fourth-order valence-electron chi connectivity index (χ4n) is 4.09. The van der Waals surface area contributed by atoms with Crippen LogP contribution in [0, 0.1) is 10.1 Å². The quantitative estimate of drug-likeness (QED) is 0.429. The lowest BCUT2D eigenvalue weighted by atomic mass is 9.95. The lowest BCUT2D eigenvalue weighted by molar-refractivity contribution is -0.383. The average Bonchev–Trinajstić information content (AvgIpc) is 3.15. The standard InChI is InChI=1S/C20H24N6O3/c21-20-19(26(28)29)15(11-18(24-20)22-8-9-27)13-6-7-17-16(10-13)23-12-25(17)14-4-2-1-3-5-14/h6-7,10-12,14,27H,1-5,8-9H2,(H3,21,22,24). The highest BCUT2D eigenvalue weighted by Gasteiger charge is 2.23. The number of nitrogens with two attached hydrogens (primary N) is 1. The van der Waals surface area contributed by atoms with E-state index in [4.69, 9.17) is 10.8 Å². The number of imidazole rings is 1. The van der Waals surface area contributed by atoms with Crippen molar-refractivity contribution in [3.8, 4) is 11.1 Å². The Hall–Kier alpha value is -3.20. The van der Waals surface area contributed by atoms with Gasteiger partial charge in [0, 0.05) is 12.6 Å². The van der Waals surface area contributed by atoms with Crippen molar-refractivity contribution in [2.24, 2.45) is 0 Å². The lowest BCUT2D eigenvalue weighted by Gasteiger charge is -2.23. The fourth-order valence-corrected chi connectivity index (χ4v) is 4.09. The molecule has 1 saturated carbocycles. The molecule has 9 heteroatoms. The predicted molar refractivity (Wildman–Crippen MR) is 112 cm³/mol. The molecule has 0 amide bonds. The van der Waals surface area contributed by atoms with Gasteiger partial charge in [0.05, 0.1) is 34.5 Å². The van der Waals surface area contributed by atoms with Gasteiger partial charge in [0.25, 0.3) is 0 Å². The van der Waals surface area contributed by atoms with Crippen molar-refractivity contribution in [2.45, 2.75) is 38.1 Å². The van der Waals surface area contributed by atoms with Gasteiger partial charge in [-0.15, -0.1) is 0 Å². The third-order valence-corrected chi connectivity index (χ3v) is 5.47. The van der Waals surface area contributed by atoms with Crippen LogP contribution >= 0.6 is 0 Å². The second-order valence-electron chi connectivity index (χ2n) is 7.34. The van der Waals surface area contributed by atoms with E-state index >= 15 is 0 Å². The molecule has 2 heterocycles. The summed E-state index contributed by atoms with van der Waals surface area (Å²) in [6.07, 6.45) is 7.92. The monoisotopic (exact) mass is 396 g/mol. The van der Waals surface area contributed by atoms with Gasteiger partial charge in [-0.05, 0) is 36.6 Å². The number of hydrogen-bond donors (Lipinski definition) is 3. The number of benzene rings is 1. The van der Waals surface area contributed by atoms with Crippen LogP contribution in [0.1, 0.15) is 38.1 Å². The van der Waals surface area contributed by atoms with Gasteiger partial charge >= 0.3 is 5.69 Å². The normalized spacial score (nSPS) is 14.9. The number of nitro groups is 1. The molecule has 4 N–H and O–H groups in total. The topological polar surface area (TPSA) is 132 Å². The van der Waals surface area contributed by atoms with Crippen LogP contribution in [-0.2, 0) is 0 Å². The Kier molecular flexibility index (Phi) is 5.30. The first-order valence-corrected chi connectivity index (χ1v) is 9.85. The fraction of sp³-hybridized carbons (Fsp3) is 0.400. The predicted octanol–water partition coefficient (Wildman–Crippen LogP) is 3.50. The number of nitrogens with one attached hydrogen (secondary N) is 1. The van der Waals surface area contributed by atoms with Gasteiger partial charge < -0.3 is 20.7 Å². The number of rotatable bonds is 6. The van der Waals surface area contributed by atoms with E-state index in [1.807, 2.05) is 24.5 Å². The van der Waals surface area contributed by atoms with E-state index in [9.17, 15) is 10.1 Å². The van der Waals surface area contributed by atoms with Crippen molar-refractivity contribution in [3.05, 3.63) is 40.7 Å². The summed E-state index contributed by atoms with van der Waals surface area (Å²) in [6.45, 7) is 0.187. The van der Waals surface area contributed by atoms with Crippen LogP contribution in [0.15, 0.2) is 30.6 Å². The molecule has 2 aromatic heterocycles. The number of anilines is 2. The molecule has 9 nitrogen and oxygen atoms in total. The number of aromatic nitrogens is 3. The summed E-state index contributed by atoms with van der Waals surface area (Å²) < 4.78 is 2.22. The Morgan fingerprint density at radius 1 is 1.28 bits per heavy atom. The van der Waals surface area contributed by atoms with Crippen molar-refractivity contribution >= 4 is 28.4 Å². The van der Waals surface area contributed by atoms with Gasteiger partial charge in [-0.2, -0.15) is 0 Å². The highest BCUT2D eigenvalue weighted by molar-refractivity contribution is 5.88. The summed E-state index contributed by atoms with van der Waals surface area (Å²) in [4.78, 5) is 19.7. The van der Waals surface area contributed by atoms with Crippen molar-refractivity contribution in [3.63, 3.8) is 0 Å². The first-order chi connectivity index (χ1) is 14.1. The molecule has 0 bridgehead atoms. The first-order valence-electron chi connectivity index (χ1n) is 9.85. The minimum absolute atomic E-state index is 0.0849. The van der Waals surface area contributed by atoms with E-state index in [1.54, 1.807) is 6.07 Å². The third-order valence-electron chi connectivity index (χ3n) is 5.47. The zero-order chi connectivity index (χ0) is 20.4. The van der Waals surface area contributed by atoms with Crippen LogP contribution in [-0.4, -0.2) is 37.7 Å². The molecule has 0 spiro atoms. The zero-order valence-corrected chi connectivity index (χ0v) is 16.0. The summed E-state index contributed by atoms with van der Waals surface area (Å²) in [7, 11) is 0. The molecule has 1 fully saturated rings. The van der Waals surface area contributed by atoms with E-state index in [2.05, 4.69) is 19.9 Å². The minimum Gasteiger partial charge on any atom is -0.395 e. The Balaban J connectivity index is 1.77. The number of nitrogen functional groups attached to an aromatic ring is 1. The minimum atomic E-state index is -0.516. The molecule has 3 aromatic rings. The van der Waals surface area contributed by atoms with Gasteiger partial charge in [0.1, 0.15) is 5.82 Å². The van der Waals surface area contributed by atoms with E-state index in [0.29, 0.717) is 23.0 Å². The third kappa shape index (κ3) is 3.73. The number of hydrogen-bond acceptors (Lipinski definition) is 7. The van der Waals surface area contributed by atoms with Crippen molar-refractivity contribution < 1.29 is 10.0 Å². The number of nitrogens with zero attached hydrogens (tertiary/aromatic N) is 4. The highest BCUT2D eigenvalue weighted by atomic mass is 16.6. The summed E-state index contributed by atoms with van der Waals surface area (Å²) in [5.74, 6) is 0.214. The van der Waals surface area contributed by atoms with Gasteiger partial charge in [-0.3, -0.25) is 10.1 Å². The molecular weight excluding hydrogens is 372 g/mol. The average molecular weight is 396 g/mol. The smallest absolute Gasteiger partial charge is 0.319 e. The van der Waals surface area contributed by atoms with Crippen LogP contribution in [0.25, 0.3) is 22.2 Å². The van der Waals surface area contributed by atoms with Gasteiger partial charge in [-0.1, -0.05) is 25.3 Å². The van der Waals surface area contributed by atoms with Gasteiger partial charge in [0.2, 0.25) is 5.82 Å². The van der Waals surface area contributed by atoms with E-state index in [0.717, 1.165) is 23.9 Å². The molecule has 1 aliphatic carbocycles. The molecule has 4 rings (SSSR count). The van der Waals surface area contributed by atoms with Gasteiger partial charge in [0.15, 0.2) is 0 Å². The summed E-state index contributed by atoms with van der Waals surface area (Å²) >= 11 is 0. The van der Waals surface area contributed by atoms with Crippen LogP contribution in [0.2, 0.25) is 0 Å². The van der Waals surface area contributed by atoms with Crippen LogP contribution < -0.4 is 11.1 Å². The van der Waals surface area contributed by atoms with Crippen molar-refractivity contribution in [2.75, 3.05) is 24.2 Å². The van der Waals surface area contributed by atoms with Crippen LogP contribution in [0.4, 0.5) is 17.3 Å². The lowest BCUT2D eigenvalue weighted by Crippen LogP contribution is -2.11. The summed E-state index contributed by atoms with van der Waals surface area (Å²) in [5.41, 5.74) is 8.49. The molecule has 152 valence electrons. The Labute approximate surface area is 167 Å². The molecule has 0 aliphatic heterocycles. The molecule has 29 heavy (non-hydrogen) atoms. The molecule has 0 radical (unpaired) electrons. The van der Waals surface area contributed by atoms with E-state index < -0.39 is 4.92 Å². The van der Waals surface area contributed by atoms with Crippen LogP contribution in [0.5, 0.6) is 0 Å². The van der Waals surface area contributed by atoms with E-state index in [1.165, 1.54) is 19.3 Å². The second-order valence-corrected chi connectivity index (χ2v) is 7.34. The molecule has 0 unspecified atom stereocenters. The molecule has 0 atom stereocenters. The summed E-state index contributed by atoms with van der Waals surface area (Å²) in [6, 6.07) is 7.73. The number of aliphatic hydroxyl groups is 1. The first kappa shape index (κ1) is 19.1. The Morgan fingerprint density at radius 2 is 2.07 bits per heavy atom. The maximum Gasteiger partial charge on any atom is 0.319 e. The van der Waals surface area contributed by atoms with Gasteiger partial charge in [-0.25, -0.2) is 9.97 Å². The largest absolute Gasteiger partial charge is 0.395 e. The van der Waals surface area contributed by atoms with Crippen molar-refractivity contribution in [1.29, 1.82) is 0 Å². The highest BCUT2D eigenvalue weighted by Crippen LogP contribution is 2.37. The summed E-state index contributed by atoms with van der Waals surface area (Å²) in [5, 5.41) is 23.5.